The SMILES string of the molecule is O=CC1CC1Cc1ccc(F)cc1. The molecule has 1 aliphatic carbocycles. The molecule has 0 spiro atoms. The van der Waals surface area contributed by atoms with Crippen molar-refractivity contribution >= 4 is 6.29 Å². The van der Waals surface area contributed by atoms with Crippen molar-refractivity contribution in [2.24, 2.45) is 11.8 Å². The fourth-order valence-corrected chi connectivity index (χ4v) is 1.60. The van der Waals surface area contributed by atoms with Crippen LogP contribution in [0, 0.1) is 17.7 Å². The van der Waals surface area contributed by atoms with Gasteiger partial charge in [-0.2, -0.15) is 0 Å². The summed E-state index contributed by atoms with van der Waals surface area (Å²) in [6, 6.07) is 6.51. The summed E-state index contributed by atoms with van der Waals surface area (Å²) >= 11 is 0. The minimum absolute atomic E-state index is 0.202. The third kappa shape index (κ3) is 1.94. The Morgan fingerprint density at radius 1 is 1.38 bits per heavy atom. The number of hydrogen-bond donors (Lipinski definition) is 0. The van der Waals surface area contributed by atoms with E-state index in [9.17, 15) is 9.18 Å². The minimum Gasteiger partial charge on any atom is -0.303 e. The summed E-state index contributed by atoms with van der Waals surface area (Å²) in [5, 5.41) is 0. The van der Waals surface area contributed by atoms with Crippen molar-refractivity contribution in [1.29, 1.82) is 0 Å². The highest BCUT2D eigenvalue weighted by molar-refractivity contribution is 5.58. The van der Waals surface area contributed by atoms with Crippen LogP contribution in [-0.2, 0) is 11.2 Å². The topological polar surface area (TPSA) is 17.1 Å². The van der Waals surface area contributed by atoms with Crippen molar-refractivity contribution in [2.45, 2.75) is 12.8 Å². The van der Waals surface area contributed by atoms with Crippen LogP contribution >= 0.6 is 0 Å². The molecule has 0 aromatic heterocycles. The second-order valence-corrected chi connectivity index (χ2v) is 3.63. The largest absolute Gasteiger partial charge is 0.303 e. The van der Waals surface area contributed by atoms with Gasteiger partial charge in [0, 0.05) is 5.92 Å². The van der Waals surface area contributed by atoms with Gasteiger partial charge in [-0.25, -0.2) is 4.39 Å². The van der Waals surface area contributed by atoms with Gasteiger partial charge in [0.2, 0.25) is 0 Å². The van der Waals surface area contributed by atoms with E-state index in [2.05, 4.69) is 0 Å². The Morgan fingerprint density at radius 2 is 2.08 bits per heavy atom. The molecule has 2 rings (SSSR count). The molecule has 2 heteroatoms. The van der Waals surface area contributed by atoms with Crippen LogP contribution in [0.4, 0.5) is 4.39 Å². The van der Waals surface area contributed by atoms with Gasteiger partial charge in [-0.3, -0.25) is 0 Å². The molecule has 0 saturated heterocycles. The quantitative estimate of drug-likeness (QED) is 0.648. The number of aldehydes is 1. The Morgan fingerprint density at radius 3 is 2.62 bits per heavy atom. The lowest BCUT2D eigenvalue weighted by Gasteiger charge is -1.98. The van der Waals surface area contributed by atoms with Gasteiger partial charge < -0.3 is 4.79 Å². The molecule has 1 nitrogen and oxygen atoms in total. The van der Waals surface area contributed by atoms with E-state index >= 15 is 0 Å². The maximum atomic E-state index is 12.5. The molecule has 1 aromatic rings. The summed E-state index contributed by atoms with van der Waals surface area (Å²) in [7, 11) is 0. The number of rotatable bonds is 3. The van der Waals surface area contributed by atoms with Crippen LogP contribution in [0.5, 0.6) is 0 Å². The van der Waals surface area contributed by atoms with E-state index in [4.69, 9.17) is 0 Å². The standard InChI is InChI=1S/C11H11FO/c12-11-3-1-8(2-4-11)5-9-6-10(9)7-13/h1-4,7,9-10H,5-6H2. The van der Waals surface area contributed by atoms with E-state index < -0.39 is 0 Å². The second-order valence-electron chi connectivity index (χ2n) is 3.63. The number of hydrogen-bond acceptors (Lipinski definition) is 1. The summed E-state index contributed by atoms with van der Waals surface area (Å²) < 4.78 is 12.5. The molecular weight excluding hydrogens is 167 g/mol. The predicted molar refractivity (Wildman–Crippen MR) is 47.8 cm³/mol. The first-order chi connectivity index (χ1) is 6.29. The lowest BCUT2D eigenvalue weighted by atomic mass is 10.1. The number of carbonyl (C=O) groups is 1. The molecule has 13 heavy (non-hydrogen) atoms. The van der Waals surface area contributed by atoms with E-state index in [1.807, 2.05) is 0 Å². The Bertz CT molecular complexity index is 304. The van der Waals surface area contributed by atoms with Gasteiger partial charge in [0.25, 0.3) is 0 Å². The van der Waals surface area contributed by atoms with Crippen LogP contribution < -0.4 is 0 Å². The minimum atomic E-state index is -0.202. The monoisotopic (exact) mass is 178 g/mol. The Hall–Kier alpha value is -1.18. The normalized spacial score (nSPS) is 25.6. The predicted octanol–water partition coefficient (Wildman–Crippen LogP) is 2.20. The molecule has 68 valence electrons. The maximum absolute atomic E-state index is 12.5. The first-order valence-corrected chi connectivity index (χ1v) is 4.49. The second kappa shape index (κ2) is 3.29. The van der Waals surface area contributed by atoms with Gasteiger partial charge in [-0.05, 0) is 36.5 Å². The van der Waals surface area contributed by atoms with E-state index in [0.29, 0.717) is 5.92 Å². The van der Waals surface area contributed by atoms with Crippen molar-refractivity contribution < 1.29 is 9.18 Å². The molecular formula is C11H11FO. The van der Waals surface area contributed by atoms with Crippen LogP contribution in [0.2, 0.25) is 0 Å². The molecule has 1 aliphatic rings. The van der Waals surface area contributed by atoms with E-state index in [0.717, 1.165) is 24.7 Å². The molecule has 2 unspecified atom stereocenters. The molecule has 0 bridgehead atoms. The van der Waals surface area contributed by atoms with Crippen LogP contribution in [0.1, 0.15) is 12.0 Å². The molecule has 0 aliphatic heterocycles. The lowest BCUT2D eigenvalue weighted by molar-refractivity contribution is -0.109. The van der Waals surface area contributed by atoms with Crippen molar-refractivity contribution in [3.63, 3.8) is 0 Å². The fraction of sp³-hybridized carbons (Fsp3) is 0.364. The van der Waals surface area contributed by atoms with Crippen LogP contribution in [0.3, 0.4) is 0 Å². The molecule has 0 heterocycles. The zero-order valence-corrected chi connectivity index (χ0v) is 7.24. The molecule has 2 atom stereocenters. The van der Waals surface area contributed by atoms with Crippen LogP contribution in [0.25, 0.3) is 0 Å². The summed E-state index contributed by atoms with van der Waals surface area (Å²) in [6.07, 6.45) is 2.93. The molecule has 1 aromatic carbocycles. The zero-order valence-electron chi connectivity index (χ0n) is 7.24. The maximum Gasteiger partial charge on any atom is 0.123 e. The summed E-state index contributed by atoms with van der Waals surface area (Å²) in [6.45, 7) is 0. The smallest absolute Gasteiger partial charge is 0.123 e. The van der Waals surface area contributed by atoms with Crippen molar-refractivity contribution in [2.75, 3.05) is 0 Å². The number of benzene rings is 1. The van der Waals surface area contributed by atoms with Crippen molar-refractivity contribution in [1.82, 2.24) is 0 Å². The molecule has 0 radical (unpaired) electrons. The molecule has 0 amide bonds. The van der Waals surface area contributed by atoms with Crippen molar-refractivity contribution in [3.05, 3.63) is 35.6 Å². The Kier molecular flexibility index (Phi) is 2.13. The highest BCUT2D eigenvalue weighted by atomic mass is 19.1. The van der Waals surface area contributed by atoms with Gasteiger partial charge in [0.1, 0.15) is 12.1 Å². The number of carbonyl (C=O) groups excluding carboxylic acids is 1. The molecule has 0 N–H and O–H groups in total. The van der Waals surface area contributed by atoms with Gasteiger partial charge in [0.15, 0.2) is 0 Å². The Balaban J connectivity index is 1.95. The third-order valence-corrected chi connectivity index (χ3v) is 2.56. The molecule has 1 fully saturated rings. The summed E-state index contributed by atoms with van der Waals surface area (Å²) in [5.41, 5.74) is 1.12. The van der Waals surface area contributed by atoms with E-state index in [-0.39, 0.29) is 11.7 Å². The summed E-state index contributed by atoms with van der Waals surface area (Å²) in [4.78, 5) is 10.4. The number of halogens is 1. The third-order valence-electron chi connectivity index (χ3n) is 2.56. The fourth-order valence-electron chi connectivity index (χ4n) is 1.60. The Labute approximate surface area is 76.6 Å². The van der Waals surface area contributed by atoms with Crippen LogP contribution in [0.15, 0.2) is 24.3 Å². The van der Waals surface area contributed by atoms with Gasteiger partial charge in [0.05, 0.1) is 0 Å². The van der Waals surface area contributed by atoms with Gasteiger partial charge in [-0.15, -0.1) is 0 Å². The highest BCUT2D eigenvalue weighted by Gasteiger charge is 2.36. The van der Waals surface area contributed by atoms with Gasteiger partial charge in [-0.1, -0.05) is 12.1 Å². The zero-order chi connectivity index (χ0) is 9.26. The summed E-state index contributed by atoms with van der Waals surface area (Å²) in [5.74, 6) is 0.555. The first-order valence-electron chi connectivity index (χ1n) is 4.49. The van der Waals surface area contributed by atoms with Crippen molar-refractivity contribution in [3.8, 4) is 0 Å². The van der Waals surface area contributed by atoms with E-state index in [1.165, 1.54) is 12.1 Å². The average Bonchev–Trinajstić information content (AvgIpc) is 2.88. The van der Waals surface area contributed by atoms with Crippen LogP contribution in [-0.4, -0.2) is 6.29 Å². The lowest BCUT2D eigenvalue weighted by Crippen LogP contribution is -1.90. The first kappa shape index (κ1) is 8.42. The highest BCUT2D eigenvalue weighted by Crippen LogP contribution is 2.39. The molecule has 1 saturated carbocycles. The van der Waals surface area contributed by atoms with Gasteiger partial charge >= 0.3 is 0 Å². The van der Waals surface area contributed by atoms with E-state index in [1.54, 1.807) is 12.1 Å². The average molecular weight is 178 g/mol.